The SMILES string of the molecule is Cc1c(C#CCO)cccc1C(=O)NC1(C)CCOCC1. The van der Waals surface area contributed by atoms with Gasteiger partial charge in [0.15, 0.2) is 0 Å². The Bertz CT molecular complexity index is 577. The Morgan fingerprint density at radius 3 is 2.81 bits per heavy atom. The van der Waals surface area contributed by atoms with Gasteiger partial charge in [0.05, 0.1) is 0 Å². The van der Waals surface area contributed by atoms with Gasteiger partial charge in [-0.05, 0) is 44.4 Å². The second-order valence-electron chi connectivity index (χ2n) is 5.57. The summed E-state index contributed by atoms with van der Waals surface area (Å²) in [5.41, 5.74) is 2.03. The summed E-state index contributed by atoms with van der Waals surface area (Å²) >= 11 is 0. The number of aliphatic hydroxyl groups excluding tert-OH is 1. The predicted molar refractivity (Wildman–Crippen MR) is 81.1 cm³/mol. The highest BCUT2D eigenvalue weighted by Gasteiger charge is 2.29. The molecule has 0 saturated carbocycles. The summed E-state index contributed by atoms with van der Waals surface area (Å²) in [5, 5.41) is 11.9. The van der Waals surface area contributed by atoms with Crippen LogP contribution in [0.25, 0.3) is 0 Å². The zero-order valence-electron chi connectivity index (χ0n) is 12.5. The van der Waals surface area contributed by atoms with Crippen LogP contribution in [0.15, 0.2) is 18.2 Å². The molecule has 1 heterocycles. The summed E-state index contributed by atoms with van der Waals surface area (Å²) in [6.07, 6.45) is 1.64. The number of hydrogen-bond donors (Lipinski definition) is 2. The molecule has 1 aliphatic heterocycles. The lowest BCUT2D eigenvalue weighted by Gasteiger charge is -2.34. The zero-order valence-corrected chi connectivity index (χ0v) is 12.5. The van der Waals surface area contributed by atoms with Crippen molar-refractivity contribution in [2.45, 2.75) is 32.2 Å². The van der Waals surface area contributed by atoms with E-state index in [1.54, 1.807) is 6.07 Å². The Kier molecular flexibility index (Phi) is 5.00. The van der Waals surface area contributed by atoms with Crippen LogP contribution < -0.4 is 5.32 Å². The van der Waals surface area contributed by atoms with Gasteiger partial charge < -0.3 is 15.2 Å². The van der Waals surface area contributed by atoms with Crippen molar-refractivity contribution in [2.24, 2.45) is 0 Å². The maximum atomic E-state index is 12.5. The molecular weight excluding hydrogens is 266 g/mol. The molecule has 0 aliphatic carbocycles. The van der Waals surface area contributed by atoms with Crippen molar-refractivity contribution in [3.63, 3.8) is 0 Å². The molecule has 0 bridgehead atoms. The van der Waals surface area contributed by atoms with Crippen molar-refractivity contribution < 1.29 is 14.6 Å². The van der Waals surface area contributed by atoms with Gasteiger partial charge in [-0.3, -0.25) is 4.79 Å². The van der Waals surface area contributed by atoms with E-state index in [0.717, 1.165) is 24.0 Å². The van der Waals surface area contributed by atoms with E-state index in [9.17, 15) is 4.79 Å². The first-order chi connectivity index (χ1) is 10.1. The van der Waals surface area contributed by atoms with Crippen molar-refractivity contribution in [3.05, 3.63) is 34.9 Å². The maximum absolute atomic E-state index is 12.5. The van der Waals surface area contributed by atoms with Gasteiger partial charge >= 0.3 is 0 Å². The second-order valence-corrected chi connectivity index (χ2v) is 5.57. The van der Waals surface area contributed by atoms with Crippen molar-refractivity contribution in [1.29, 1.82) is 0 Å². The lowest BCUT2D eigenvalue weighted by molar-refractivity contribution is 0.0422. The van der Waals surface area contributed by atoms with Crippen LogP contribution in [-0.2, 0) is 4.74 Å². The first-order valence-electron chi connectivity index (χ1n) is 7.15. The third-order valence-corrected chi connectivity index (χ3v) is 3.89. The van der Waals surface area contributed by atoms with E-state index >= 15 is 0 Å². The van der Waals surface area contributed by atoms with Crippen LogP contribution in [0.3, 0.4) is 0 Å². The molecule has 1 aromatic rings. The topological polar surface area (TPSA) is 58.6 Å². The number of carbonyl (C=O) groups is 1. The fourth-order valence-corrected chi connectivity index (χ4v) is 2.44. The minimum atomic E-state index is -0.214. The van der Waals surface area contributed by atoms with Gasteiger partial charge in [0.1, 0.15) is 6.61 Å². The molecule has 4 nitrogen and oxygen atoms in total. The number of carbonyl (C=O) groups excluding carboxylic acids is 1. The predicted octanol–water partition coefficient (Wildman–Crippen LogP) is 1.64. The van der Waals surface area contributed by atoms with Gasteiger partial charge in [-0.15, -0.1) is 0 Å². The first kappa shape index (κ1) is 15.6. The molecule has 0 atom stereocenters. The number of hydrogen-bond acceptors (Lipinski definition) is 3. The molecule has 1 amide bonds. The fraction of sp³-hybridized carbons (Fsp3) is 0.471. The zero-order chi connectivity index (χ0) is 15.3. The van der Waals surface area contributed by atoms with Crippen molar-refractivity contribution >= 4 is 5.91 Å². The molecule has 2 rings (SSSR count). The average molecular weight is 287 g/mol. The minimum absolute atomic E-state index is 0.0791. The van der Waals surface area contributed by atoms with Crippen molar-refractivity contribution in [3.8, 4) is 11.8 Å². The van der Waals surface area contributed by atoms with E-state index < -0.39 is 0 Å². The number of amides is 1. The van der Waals surface area contributed by atoms with Crippen LogP contribution in [0.1, 0.15) is 41.3 Å². The van der Waals surface area contributed by atoms with Crippen LogP contribution in [0, 0.1) is 18.8 Å². The number of rotatable bonds is 2. The number of nitrogens with one attached hydrogen (secondary N) is 1. The standard InChI is InChI=1S/C17H21NO3/c1-13-14(6-4-10-19)5-3-7-15(13)16(20)18-17(2)8-11-21-12-9-17/h3,5,7,19H,8-12H2,1-2H3,(H,18,20). The Hall–Kier alpha value is -1.83. The Morgan fingerprint density at radius 2 is 2.14 bits per heavy atom. The summed E-state index contributed by atoms with van der Waals surface area (Å²) in [4.78, 5) is 12.5. The summed E-state index contributed by atoms with van der Waals surface area (Å²) in [6.45, 7) is 5.10. The van der Waals surface area contributed by atoms with Gasteiger partial charge in [0.2, 0.25) is 0 Å². The van der Waals surface area contributed by atoms with E-state index in [0.29, 0.717) is 18.8 Å². The monoisotopic (exact) mass is 287 g/mol. The molecule has 1 saturated heterocycles. The highest BCUT2D eigenvalue weighted by Crippen LogP contribution is 2.21. The van der Waals surface area contributed by atoms with Crippen LogP contribution in [-0.4, -0.2) is 36.4 Å². The van der Waals surface area contributed by atoms with Gasteiger partial charge in [0.25, 0.3) is 5.91 Å². The third-order valence-electron chi connectivity index (χ3n) is 3.89. The van der Waals surface area contributed by atoms with Crippen LogP contribution in [0.5, 0.6) is 0 Å². The number of aliphatic hydroxyl groups is 1. The van der Waals surface area contributed by atoms with E-state index in [4.69, 9.17) is 9.84 Å². The molecular formula is C17H21NO3. The summed E-state index contributed by atoms with van der Waals surface area (Å²) in [6, 6.07) is 5.47. The molecule has 0 aromatic heterocycles. The van der Waals surface area contributed by atoms with E-state index in [1.807, 2.05) is 19.1 Å². The van der Waals surface area contributed by atoms with Crippen LogP contribution in [0.4, 0.5) is 0 Å². The first-order valence-corrected chi connectivity index (χ1v) is 7.15. The molecule has 2 N–H and O–H groups in total. The van der Waals surface area contributed by atoms with Crippen molar-refractivity contribution in [1.82, 2.24) is 5.32 Å². The van der Waals surface area contributed by atoms with Gasteiger partial charge in [-0.2, -0.15) is 0 Å². The fourth-order valence-electron chi connectivity index (χ4n) is 2.44. The van der Waals surface area contributed by atoms with E-state index in [1.165, 1.54) is 0 Å². The second kappa shape index (κ2) is 6.75. The number of ether oxygens (including phenoxy) is 1. The van der Waals surface area contributed by atoms with Crippen LogP contribution in [0.2, 0.25) is 0 Å². The maximum Gasteiger partial charge on any atom is 0.252 e. The molecule has 0 radical (unpaired) electrons. The average Bonchev–Trinajstić information content (AvgIpc) is 2.46. The van der Waals surface area contributed by atoms with Gasteiger partial charge in [-0.1, -0.05) is 17.9 Å². The molecule has 1 aliphatic rings. The number of benzene rings is 1. The molecule has 0 spiro atoms. The normalized spacial score (nSPS) is 16.7. The lowest BCUT2D eigenvalue weighted by Crippen LogP contribution is -2.49. The van der Waals surface area contributed by atoms with E-state index in [2.05, 4.69) is 24.1 Å². The van der Waals surface area contributed by atoms with Crippen molar-refractivity contribution in [2.75, 3.05) is 19.8 Å². The van der Waals surface area contributed by atoms with Crippen LogP contribution >= 0.6 is 0 Å². The molecule has 1 fully saturated rings. The molecule has 112 valence electrons. The summed E-state index contributed by atoms with van der Waals surface area (Å²) < 4.78 is 5.35. The molecule has 4 heteroatoms. The highest BCUT2D eigenvalue weighted by molar-refractivity contribution is 5.96. The Balaban J connectivity index is 2.19. The van der Waals surface area contributed by atoms with Gasteiger partial charge in [-0.25, -0.2) is 0 Å². The quantitative estimate of drug-likeness (QED) is 0.813. The minimum Gasteiger partial charge on any atom is -0.384 e. The summed E-state index contributed by atoms with van der Waals surface area (Å²) in [7, 11) is 0. The molecule has 21 heavy (non-hydrogen) atoms. The molecule has 1 aromatic carbocycles. The Labute approximate surface area is 125 Å². The molecule has 0 unspecified atom stereocenters. The summed E-state index contributed by atoms with van der Waals surface area (Å²) in [5.74, 6) is 5.41. The largest absolute Gasteiger partial charge is 0.384 e. The van der Waals surface area contributed by atoms with Gasteiger partial charge in [0, 0.05) is 29.9 Å². The van der Waals surface area contributed by atoms with E-state index in [-0.39, 0.29) is 18.1 Å². The Morgan fingerprint density at radius 1 is 1.43 bits per heavy atom. The highest BCUT2D eigenvalue weighted by atomic mass is 16.5. The lowest BCUT2D eigenvalue weighted by atomic mass is 9.91. The smallest absolute Gasteiger partial charge is 0.252 e. The third kappa shape index (κ3) is 3.84.